The number of aliphatic imine (C=N–C) groups is 1. The van der Waals surface area contributed by atoms with E-state index in [1.165, 1.54) is 6.92 Å². The van der Waals surface area contributed by atoms with Gasteiger partial charge in [-0.3, -0.25) is 43.3 Å². The highest BCUT2D eigenvalue weighted by Gasteiger charge is 2.35. The van der Waals surface area contributed by atoms with Crippen LogP contribution in [0, 0.1) is 0 Å². The molecule has 0 aliphatic rings. The van der Waals surface area contributed by atoms with Crippen LogP contribution in [0.3, 0.4) is 0 Å². The minimum absolute atomic E-state index is 0.0171. The third-order valence-electron chi connectivity index (χ3n) is 11.6. The lowest BCUT2D eigenvalue weighted by Gasteiger charge is -2.28. The number of hydrogen-bond acceptors (Lipinski definition) is 17. The van der Waals surface area contributed by atoms with E-state index in [4.69, 9.17) is 51.6 Å². The Morgan fingerprint density at radius 3 is 1.07 bits per heavy atom. The van der Waals surface area contributed by atoms with Gasteiger partial charge in [0.25, 0.3) is 0 Å². The van der Waals surface area contributed by atoms with E-state index in [0.29, 0.717) is 77.3 Å². The Kier molecular flexibility index (Phi) is 36.6. The first kappa shape index (κ1) is 67.2. The number of rotatable bonds is 43. The second kappa shape index (κ2) is 39.7. The molecule has 73 heavy (non-hydrogen) atoms. The summed E-state index contributed by atoms with van der Waals surface area (Å²) in [6.07, 6.45) is 2.59. The van der Waals surface area contributed by atoms with Gasteiger partial charge in [-0.25, -0.2) is 4.79 Å². The summed E-state index contributed by atoms with van der Waals surface area (Å²) in [4.78, 5) is 125. The standard InChI is InChI=1S/C45H89N17O11/c1-27(63)36(62-37(65)28(51)13-2-7-21-46)43(71)60-31(16-5-10-24-49)39(67)56-29(14-3-8-22-47)38(66)59-33(19-20-35(52)64)42(70)58-32(18-12-26-55-45(53)54)40(68)57-30(15-4-9-23-48)41(69)61-34(44(72)73)17-6-11-25-50/h27-34,36,63H,2-26,46-51H2,1H3,(H2,52,64)(H,56,67)(H,57,68)(H,58,70)(H,59,66)(H,60,71)(H,61,69)(H,62,65)(H,72,73)(H4,53,54,55)/t27-,28+,29+,30+,31+,32+,33+,34+,36+/m1/s1. The zero-order valence-electron chi connectivity index (χ0n) is 42.6. The monoisotopic (exact) mass is 1040 g/mol. The Hall–Kier alpha value is -5.78. The molecule has 0 saturated carbocycles. The van der Waals surface area contributed by atoms with Crippen molar-refractivity contribution < 1.29 is 53.4 Å². The molecule has 28 nitrogen and oxygen atoms in total. The van der Waals surface area contributed by atoms with Crippen LogP contribution in [-0.4, -0.2) is 163 Å². The number of unbranched alkanes of at least 4 members (excludes halogenated alkanes) is 5. The lowest BCUT2D eigenvalue weighted by atomic mass is 10.0. The van der Waals surface area contributed by atoms with Crippen molar-refractivity contribution in [2.75, 3.05) is 39.3 Å². The lowest BCUT2D eigenvalue weighted by Crippen LogP contribution is -2.61. The Morgan fingerprint density at radius 2 is 0.740 bits per heavy atom. The molecule has 0 aliphatic heterocycles. The number of carbonyl (C=O) groups excluding carboxylic acids is 8. The molecular formula is C45H89N17O11. The molecule has 0 aromatic rings. The maximum absolute atomic E-state index is 14.2. The van der Waals surface area contributed by atoms with Crippen LogP contribution in [-0.2, 0) is 43.2 Å². The number of carbonyl (C=O) groups is 9. The van der Waals surface area contributed by atoms with Gasteiger partial charge in [0.1, 0.15) is 42.3 Å². The van der Waals surface area contributed by atoms with E-state index in [9.17, 15) is 53.4 Å². The van der Waals surface area contributed by atoms with Gasteiger partial charge < -0.3 is 99.0 Å². The van der Waals surface area contributed by atoms with Crippen molar-refractivity contribution in [2.24, 2.45) is 56.6 Å². The molecule has 0 aromatic heterocycles. The molecule has 28 heteroatoms. The van der Waals surface area contributed by atoms with Gasteiger partial charge in [-0.1, -0.05) is 6.42 Å². The van der Waals surface area contributed by atoms with E-state index < -0.39 is 114 Å². The molecule has 0 saturated heterocycles. The summed E-state index contributed by atoms with van der Waals surface area (Å²) in [5.41, 5.74) is 50.6. The highest BCUT2D eigenvalue weighted by molar-refractivity contribution is 5.98. The molecule has 0 unspecified atom stereocenters. The van der Waals surface area contributed by atoms with E-state index in [2.05, 4.69) is 42.2 Å². The van der Waals surface area contributed by atoms with Crippen molar-refractivity contribution in [3.05, 3.63) is 0 Å². The van der Waals surface area contributed by atoms with Gasteiger partial charge in [0, 0.05) is 13.0 Å². The van der Waals surface area contributed by atoms with Gasteiger partial charge in [-0.15, -0.1) is 0 Å². The Bertz CT molecular complexity index is 1720. The maximum atomic E-state index is 14.2. The van der Waals surface area contributed by atoms with E-state index in [1.807, 2.05) is 0 Å². The highest BCUT2D eigenvalue weighted by atomic mass is 16.4. The first-order chi connectivity index (χ1) is 34.7. The summed E-state index contributed by atoms with van der Waals surface area (Å²) < 4.78 is 0. The first-order valence-corrected chi connectivity index (χ1v) is 25.3. The van der Waals surface area contributed by atoms with Crippen molar-refractivity contribution in [1.82, 2.24) is 37.2 Å². The van der Waals surface area contributed by atoms with E-state index in [-0.39, 0.29) is 83.5 Å². The number of aliphatic carboxylic acids is 1. The van der Waals surface area contributed by atoms with Crippen LogP contribution >= 0.6 is 0 Å². The third kappa shape index (κ3) is 30.1. The van der Waals surface area contributed by atoms with E-state index in [1.54, 1.807) is 0 Å². The Morgan fingerprint density at radius 1 is 0.425 bits per heavy atom. The summed E-state index contributed by atoms with van der Waals surface area (Å²) in [5.74, 6) is -8.35. The van der Waals surface area contributed by atoms with Crippen LogP contribution in [0.4, 0.5) is 0 Å². The second-order valence-electron chi connectivity index (χ2n) is 17.9. The zero-order chi connectivity index (χ0) is 55.3. The minimum Gasteiger partial charge on any atom is -0.480 e. The fourth-order valence-corrected chi connectivity index (χ4v) is 7.29. The predicted molar refractivity (Wildman–Crippen MR) is 274 cm³/mol. The van der Waals surface area contributed by atoms with Gasteiger partial charge >= 0.3 is 5.97 Å². The van der Waals surface area contributed by atoms with Crippen LogP contribution in [0.2, 0.25) is 0 Å². The summed E-state index contributed by atoms with van der Waals surface area (Å²) in [7, 11) is 0. The molecule has 9 atom stereocenters. The Balaban J connectivity index is 6.84. The van der Waals surface area contributed by atoms with Gasteiger partial charge in [0.05, 0.1) is 12.1 Å². The number of nitrogens with zero attached hydrogens (tertiary/aromatic N) is 1. The molecule has 0 aromatic carbocycles. The van der Waals surface area contributed by atoms with Crippen LogP contribution in [0.15, 0.2) is 4.99 Å². The molecule has 0 bridgehead atoms. The number of amides is 8. The van der Waals surface area contributed by atoms with Crippen molar-refractivity contribution in [1.29, 1.82) is 0 Å². The van der Waals surface area contributed by atoms with E-state index >= 15 is 0 Å². The lowest BCUT2D eigenvalue weighted by molar-refractivity contribution is -0.142. The van der Waals surface area contributed by atoms with Crippen molar-refractivity contribution in [2.45, 2.75) is 183 Å². The number of aliphatic hydroxyl groups is 1. The smallest absolute Gasteiger partial charge is 0.326 e. The van der Waals surface area contributed by atoms with Crippen LogP contribution in [0.25, 0.3) is 0 Å². The zero-order valence-corrected chi connectivity index (χ0v) is 42.6. The average molecular weight is 1040 g/mol. The van der Waals surface area contributed by atoms with Gasteiger partial charge in [-0.05, 0) is 149 Å². The molecule has 0 fully saturated rings. The second-order valence-corrected chi connectivity index (χ2v) is 17.9. The molecule has 8 amide bonds. The predicted octanol–water partition coefficient (Wildman–Crippen LogP) is -5.86. The van der Waals surface area contributed by atoms with Gasteiger partial charge in [-0.2, -0.15) is 0 Å². The number of guanidine groups is 1. The minimum atomic E-state index is -1.55. The quantitative estimate of drug-likeness (QED) is 0.0154. The number of nitrogens with one attached hydrogen (secondary N) is 7. The number of carboxylic acids is 1. The molecule has 0 spiro atoms. The maximum Gasteiger partial charge on any atom is 0.326 e. The van der Waals surface area contributed by atoms with Crippen LogP contribution < -0.4 is 88.8 Å². The number of aliphatic hydroxyl groups excluding tert-OH is 1. The molecule has 0 heterocycles. The largest absolute Gasteiger partial charge is 0.480 e. The van der Waals surface area contributed by atoms with Gasteiger partial charge in [0.15, 0.2) is 5.96 Å². The Labute approximate surface area is 428 Å². The van der Waals surface area contributed by atoms with Crippen molar-refractivity contribution >= 4 is 59.2 Å². The SMILES string of the molecule is C[C@@H](O)[C@H](NC(=O)[C@@H](N)CCCCN)C(=O)N[C@@H](CCCCN)C(=O)N[C@@H](CCCCN)C(=O)N[C@@H](CCC(N)=O)C(=O)N[C@@H](CCCN=C(N)N)C(=O)N[C@@H](CCCCN)C(=O)N[C@@H](CCCCN)C(=O)O. The van der Waals surface area contributed by atoms with Gasteiger partial charge in [0.2, 0.25) is 47.3 Å². The fourth-order valence-electron chi connectivity index (χ4n) is 7.29. The number of nitrogens with two attached hydrogens (primary N) is 9. The molecule has 0 rings (SSSR count). The highest BCUT2D eigenvalue weighted by Crippen LogP contribution is 2.11. The van der Waals surface area contributed by atoms with Crippen LogP contribution in [0.1, 0.15) is 129 Å². The normalized spacial score (nSPS) is 14.8. The first-order valence-electron chi connectivity index (χ1n) is 25.3. The molecule has 0 aliphatic carbocycles. The van der Waals surface area contributed by atoms with Crippen molar-refractivity contribution in [3.8, 4) is 0 Å². The summed E-state index contributed by atoms with van der Waals surface area (Å²) in [6, 6.07) is -10.7. The molecular weight excluding hydrogens is 955 g/mol. The molecule has 0 radical (unpaired) electrons. The van der Waals surface area contributed by atoms with E-state index in [0.717, 1.165) is 0 Å². The number of carboxylic acid groups (broad SMARTS) is 1. The molecule has 420 valence electrons. The number of primary amides is 1. The summed E-state index contributed by atoms with van der Waals surface area (Å²) >= 11 is 0. The fraction of sp³-hybridized carbons (Fsp3) is 0.778. The third-order valence-corrected chi connectivity index (χ3v) is 11.6. The van der Waals surface area contributed by atoms with Crippen molar-refractivity contribution in [3.63, 3.8) is 0 Å². The van der Waals surface area contributed by atoms with Crippen LogP contribution in [0.5, 0.6) is 0 Å². The number of hydrogen-bond donors (Lipinski definition) is 18. The molecule has 27 N–H and O–H groups in total. The summed E-state index contributed by atoms with van der Waals surface area (Å²) in [6.45, 7) is 2.74. The average Bonchev–Trinajstić information content (AvgIpc) is 3.33. The topological polar surface area (TPSA) is 525 Å². The summed E-state index contributed by atoms with van der Waals surface area (Å²) in [5, 5.41) is 38.2.